The van der Waals surface area contributed by atoms with Gasteiger partial charge < -0.3 is 4.74 Å². The van der Waals surface area contributed by atoms with Gasteiger partial charge in [-0.15, -0.1) is 11.6 Å². The van der Waals surface area contributed by atoms with Gasteiger partial charge in [0.05, 0.1) is 7.11 Å². The Morgan fingerprint density at radius 3 is 1.93 bits per heavy atom. The Balaban J connectivity index is 4.47. The van der Waals surface area contributed by atoms with Gasteiger partial charge in [-0.05, 0) is 20.3 Å². The van der Waals surface area contributed by atoms with E-state index < -0.39 is 22.4 Å². The number of rotatable bonds is 5. The van der Waals surface area contributed by atoms with Crippen LogP contribution in [-0.4, -0.2) is 29.5 Å². The van der Waals surface area contributed by atoms with Crippen LogP contribution in [0.25, 0.3) is 0 Å². The highest BCUT2D eigenvalue weighted by atomic mass is 35.5. The third-order valence-corrected chi connectivity index (χ3v) is 2.74. The molecule has 0 radical (unpaired) electrons. The quantitative estimate of drug-likeness (QED) is 0.395. The summed E-state index contributed by atoms with van der Waals surface area (Å²) in [6.45, 7) is 2.46. The van der Waals surface area contributed by atoms with E-state index in [-0.39, 0.29) is 12.8 Å². The second-order valence-electron chi connectivity index (χ2n) is 2.99. The smallest absolute Gasteiger partial charge is 0.305 e. The number of alkyl halides is 1. The standard InChI is InChI=1S/C9H13ClO4/c1-6(11)9(10,7(2)12)5-4-8(13)14-3/h4-5H2,1-3H3. The second-order valence-corrected chi connectivity index (χ2v) is 3.63. The zero-order valence-corrected chi connectivity index (χ0v) is 9.18. The van der Waals surface area contributed by atoms with Crippen LogP contribution >= 0.6 is 11.6 Å². The molecule has 0 bridgehead atoms. The van der Waals surface area contributed by atoms with Crippen molar-refractivity contribution < 1.29 is 19.1 Å². The molecule has 0 amide bonds. The van der Waals surface area contributed by atoms with Crippen molar-refractivity contribution >= 4 is 29.1 Å². The number of Topliss-reactive ketones (excluding diaryl/α,β-unsaturated/α-hetero) is 2. The van der Waals surface area contributed by atoms with Crippen molar-refractivity contribution in [2.24, 2.45) is 0 Å². The first-order valence-electron chi connectivity index (χ1n) is 4.12. The summed E-state index contributed by atoms with van der Waals surface area (Å²) in [5.74, 6) is -1.39. The van der Waals surface area contributed by atoms with Crippen LogP contribution in [0.2, 0.25) is 0 Å². The van der Waals surface area contributed by atoms with E-state index in [1.807, 2.05) is 0 Å². The average Bonchev–Trinajstić information content (AvgIpc) is 2.12. The zero-order chi connectivity index (χ0) is 11.4. The summed E-state index contributed by atoms with van der Waals surface area (Å²) < 4.78 is 4.38. The lowest BCUT2D eigenvalue weighted by atomic mass is 9.94. The highest BCUT2D eigenvalue weighted by Crippen LogP contribution is 2.24. The Morgan fingerprint density at radius 1 is 1.21 bits per heavy atom. The first-order valence-corrected chi connectivity index (χ1v) is 4.50. The average molecular weight is 221 g/mol. The van der Waals surface area contributed by atoms with Gasteiger partial charge in [-0.1, -0.05) is 0 Å². The van der Waals surface area contributed by atoms with E-state index in [4.69, 9.17) is 11.6 Å². The third-order valence-electron chi connectivity index (χ3n) is 2.02. The number of ether oxygens (including phenoxy) is 1. The molecule has 0 heterocycles. The number of ketones is 2. The van der Waals surface area contributed by atoms with Gasteiger partial charge in [0, 0.05) is 6.42 Å². The Kier molecular flexibility index (Phi) is 4.77. The number of halogens is 1. The molecule has 0 aromatic carbocycles. The number of esters is 1. The Labute approximate surface area is 87.6 Å². The van der Waals surface area contributed by atoms with Crippen LogP contribution in [0, 0.1) is 0 Å². The van der Waals surface area contributed by atoms with E-state index in [2.05, 4.69) is 4.74 Å². The maximum atomic E-state index is 11.1. The molecule has 0 aliphatic rings. The molecule has 0 atom stereocenters. The van der Waals surface area contributed by atoms with Gasteiger partial charge in [-0.25, -0.2) is 0 Å². The van der Waals surface area contributed by atoms with E-state index in [1.54, 1.807) is 0 Å². The Hall–Kier alpha value is -0.900. The van der Waals surface area contributed by atoms with Gasteiger partial charge >= 0.3 is 5.97 Å². The molecule has 80 valence electrons. The normalized spacial score (nSPS) is 10.9. The predicted molar refractivity (Wildman–Crippen MR) is 51.2 cm³/mol. The van der Waals surface area contributed by atoms with Gasteiger partial charge in [0.15, 0.2) is 16.4 Å². The number of hydrogen-bond donors (Lipinski definition) is 0. The number of carbonyl (C=O) groups excluding carboxylic acids is 3. The van der Waals surface area contributed by atoms with Crippen molar-refractivity contribution in [3.8, 4) is 0 Å². The molecule has 0 aromatic rings. The molecular formula is C9H13ClO4. The van der Waals surface area contributed by atoms with Crippen molar-refractivity contribution in [1.82, 2.24) is 0 Å². The van der Waals surface area contributed by atoms with Gasteiger partial charge in [-0.2, -0.15) is 0 Å². The van der Waals surface area contributed by atoms with E-state index in [0.29, 0.717) is 0 Å². The van der Waals surface area contributed by atoms with E-state index in [0.717, 1.165) is 0 Å². The molecule has 0 aromatic heterocycles. The molecule has 0 saturated heterocycles. The summed E-state index contributed by atoms with van der Waals surface area (Å²) in [5.41, 5.74) is 0. The summed E-state index contributed by atoms with van der Waals surface area (Å²) in [4.78, 5) is 31.4. The van der Waals surface area contributed by atoms with Gasteiger partial charge in [-0.3, -0.25) is 14.4 Å². The second kappa shape index (κ2) is 5.10. The van der Waals surface area contributed by atoms with E-state index in [9.17, 15) is 14.4 Å². The monoisotopic (exact) mass is 220 g/mol. The fraction of sp³-hybridized carbons (Fsp3) is 0.667. The summed E-state index contributed by atoms with van der Waals surface area (Å²) in [6.07, 6.45) is -0.0644. The lowest BCUT2D eigenvalue weighted by molar-refractivity contribution is -0.141. The summed E-state index contributed by atoms with van der Waals surface area (Å²) in [7, 11) is 1.24. The molecule has 0 unspecified atom stereocenters. The molecule has 0 rings (SSSR count). The van der Waals surface area contributed by atoms with Crippen LogP contribution in [0.1, 0.15) is 26.7 Å². The largest absolute Gasteiger partial charge is 0.469 e. The molecule has 0 saturated carbocycles. The minimum atomic E-state index is -1.58. The summed E-state index contributed by atoms with van der Waals surface area (Å²) in [5, 5.41) is 0. The third kappa shape index (κ3) is 3.10. The maximum Gasteiger partial charge on any atom is 0.305 e. The summed E-state index contributed by atoms with van der Waals surface area (Å²) >= 11 is 5.80. The van der Waals surface area contributed by atoms with Gasteiger partial charge in [0.2, 0.25) is 0 Å². The minimum absolute atomic E-state index is 0.0219. The van der Waals surface area contributed by atoms with Gasteiger partial charge in [0.1, 0.15) is 0 Å². The van der Waals surface area contributed by atoms with Crippen molar-refractivity contribution in [2.45, 2.75) is 31.6 Å². The van der Waals surface area contributed by atoms with E-state index in [1.165, 1.54) is 21.0 Å². The van der Waals surface area contributed by atoms with Crippen LogP contribution < -0.4 is 0 Å². The predicted octanol–water partition coefficient (Wildman–Crippen LogP) is 1.10. The molecule has 0 spiro atoms. The molecule has 14 heavy (non-hydrogen) atoms. The van der Waals surface area contributed by atoms with Crippen LogP contribution in [0.5, 0.6) is 0 Å². The number of carbonyl (C=O) groups is 3. The van der Waals surface area contributed by atoms with Crippen LogP contribution in [0.3, 0.4) is 0 Å². The Bertz CT molecular complexity index is 246. The molecule has 0 aliphatic heterocycles. The lowest BCUT2D eigenvalue weighted by Crippen LogP contribution is -2.38. The SMILES string of the molecule is COC(=O)CCC(Cl)(C(C)=O)C(C)=O. The lowest BCUT2D eigenvalue weighted by Gasteiger charge is -2.19. The van der Waals surface area contributed by atoms with Crippen molar-refractivity contribution in [3.05, 3.63) is 0 Å². The molecule has 4 nitrogen and oxygen atoms in total. The first kappa shape index (κ1) is 13.1. The zero-order valence-electron chi connectivity index (χ0n) is 8.43. The maximum absolute atomic E-state index is 11.1. The topological polar surface area (TPSA) is 60.4 Å². The molecule has 0 aliphatic carbocycles. The first-order chi connectivity index (χ1) is 6.34. The highest BCUT2D eigenvalue weighted by Gasteiger charge is 2.38. The van der Waals surface area contributed by atoms with Crippen LogP contribution in [0.4, 0.5) is 0 Å². The molecule has 0 N–H and O–H groups in total. The number of methoxy groups -OCH3 is 1. The fourth-order valence-electron chi connectivity index (χ4n) is 0.976. The molecule has 0 fully saturated rings. The Morgan fingerprint density at radius 2 is 1.64 bits per heavy atom. The van der Waals surface area contributed by atoms with Gasteiger partial charge in [0.25, 0.3) is 0 Å². The number of hydrogen-bond acceptors (Lipinski definition) is 4. The van der Waals surface area contributed by atoms with Crippen molar-refractivity contribution in [2.75, 3.05) is 7.11 Å². The van der Waals surface area contributed by atoms with E-state index >= 15 is 0 Å². The van der Waals surface area contributed by atoms with Crippen LogP contribution in [0.15, 0.2) is 0 Å². The van der Waals surface area contributed by atoms with Crippen molar-refractivity contribution in [1.29, 1.82) is 0 Å². The van der Waals surface area contributed by atoms with Crippen molar-refractivity contribution in [3.63, 3.8) is 0 Å². The van der Waals surface area contributed by atoms with Crippen LogP contribution in [-0.2, 0) is 19.1 Å². The fourth-order valence-corrected chi connectivity index (χ4v) is 1.07. The minimum Gasteiger partial charge on any atom is -0.469 e. The summed E-state index contributed by atoms with van der Waals surface area (Å²) in [6, 6.07) is 0. The molecule has 5 heteroatoms. The molecular weight excluding hydrogens is 208 g/mol. The highest BCUT2D eigenvalue weighted by molar-refractivity contribution is 6.46.